The standard InChI is InChI=1S/C22H21N3O2S2/c1-3-17-11-13-19(14-12-17)29(26,27)24(2)22-16-20(21-10-7-15-28-21)23-25(22)18-8-5-4-6-9-18/h4-16H,3H2,1-2H3. The van der Waals surface area contributed by atoms with Gasteiger partial charge < -0.3 is 0 Å². The summed E-state index contributed by atoms with van der Waals surface area (Å²) in [4.78, 5) is 1.25. The maximum absolute atomic E-state index is 13.3. The molecule has 7 heteroatoms. The van der Waals surface area contributed by atoms with E-state index in [0.717, 1.165) is 28.2 Å². The molecule has 148 valence electrons. The second-order valence-electron chi connectivity index (χ2n) is 6.58. The molecule has 0 radical (unpaired) electrons. The second kappa shape index (κ2) is 7.85. The number of nitrogens with zero attached hydrogens (tertiary/aromatic N) is 3. The first kappa shape index (κ1) is 19.4. The summed E-state index contributed by atoms with van der Waals surface area (Å²) in [5, 5.41) is 6.68. The highest BCUT2D eigenvalue weighted by Crippen LogP contribution is 2.31. The number of aromatic nitrogens is 2. The van der Waals surface area contributed by atoms with Gasteiger partial charge in [-0.1, -0.05) is 43.3 Å². The van der Waals surface area contributed by atoms with E-state index in [1.807, 2.05) is 73.0 Å². The highest BCUT2D eigenvalue weighted by molar-refractivity contribution is 7.92. The molecule has 5 nitrogen and oxygen atoms in total. The average molecular weight is 424 g/mol. The van der Waals surface area contributed by atoms with Crippen LogP contribution in [0.2, 0.25) is 0 Å². The van der Waals surface area contributed by atoms with Gasteiger partial charge in [-0.2, -0.15) is 5.10 Å². The van der Waals surface area contributed by atoms with Crippen LogP contribution in [0.4, 0.5) is 5.82 Å². The summed E-state index contributed by atoms with van der Waals surface area (Å²) >= 11 is 1.57. The molecule has 0 amide bonds. The first-order valence-electron chi connectivity index (χ1n) is 9.28. The SMILES string of the molecule is CCc1ccc(S(=O)(=O)N(C)c2cc(-c3cccs3)nn2-c2ccccc2)cc1. The van der Waals surface area contributed by atoms with Crippen LogP contribution in [0, 0.1) is 0 Å². The molecule has 0 unspecified atom stereocenters. The van der Waals surface area contributed by atoms with Gasteiger partial charge in [0, 0.05) is 13.1 Å². The molecule has 0 fully saturated rings. The zero-order valence-corrected chi connectivity index (χ0v) is 17.8. The van der Waals surface area contributed by atoms with E-state index in [9.17, 15) is 8.42 Å². The molecule has 2 heterocycles. The first-order valence-corrected chi connectivity index (χ1v) is 11.6. The zero-order chi connectivity index (χ0) is 20.4. The minimum absolute atomic E-state index is 0.260. The number of sulfonamides is 1. The van der Waals surface area contributed by atoms with Crippen molar-refractivity contribution in [2.75, 3.05) is 11.4 Å². The smallest absolute Gasteiger partial charge is 0.253 e. The Hall–Kier alpha value is -2.90. The normalized spacial score (nSPS) is 11.5. The predicted molar refractivity (Wildman–Crippen MR) is 118 cm³/mol. The van der Waals surface area contributed by atoms with Gasteiger partial charge in [0.2, 0.25) is 0 Å². The molecular weight excluding hydrogens is 402 g/mol. The van der Waals surface area contributed by atoms with Crippen LogP contribution in [0.15, 0.2) is 83.1 Å². The lowest BCUT2D eigenvalue weighted by molar-refractivity contribution is 0.593. The minimum Gasteiger partial charge on any atom is -0.253 e. The van der Waals surface area contributed by atoms with Gasteiger partial charge in [-0.15, -0.1) is 11.3 Å². The van der Waals surface area contributed by atoms with Gasteiger partial charge in [-0.3, -0.25) is 4.31 Å². The summed E-state index contributed by atoms with van der Waals surface area (Å²) in [6.07, 6.45) is 0.862. The molecule has 0 bridgehead atoms. The second-order valence-corrected chi connectivity index (χ2v) is 9.50. The summed E-state index contributed by atoms with van der Waals surface area (Å²) in [5.74, 6) is 0.485. The Kier molecular flexibility index (Phi) is 5.25. The molecule has 0 aliphatic rings. The molecule has 0 aliphatic carbocycles. The van der Waals surface area contributed by atoms with Gasteiger partial charge in [0.1, 0.15) is 11.5 Å². The molecule has 0 saturated carbocycles. The summed E-state index contributed by atoms with van der Waals surface area (Å²) in [6.45, 7) is 2.04. The number of thiophene rings is 1. The van der Waals surface area contributed by atoms with Crippen molar-refractivity contribution in [2.45, 2.75) is 18.2 Å². The highest BCUT2D eigenvalue weighted by atomic mass is 32.2. The van der Waals surface area contributed by atoms with E-state index in [0.29, 0.717) is 5.82 Å². The van der Waals surface area contributed by atoms with E-state index in [1.165, 1.54) is 4.31 Å². The van der Waals surface area contributed by atoms with Crippen molar-refractivity contribution in [3.8, 4) is 16.3 Å². The predicted octanol–water partition coefficient (Wildman–Crippen LogP) is 4.99. The molecule has 0 atom stereocenters. The van der Waals surface area contributed by atoms with Crippen molar-refractivity contribution in [3.63, 3.8) is 0 Å². The topological polar surface area (TPSA) is 55.2 Å². The van der Waals surface area contributed by atoms with Gasteiger partial charge >= 0.3 is 0 Å². The fraction of sp³-hybridized carbons (Fsp3) is 0.136. The molecule has 29 heavy (non-hydrogen) atoms. The number of benzene rings is 2. The maximum atomic E-state index is 13.3. The third kappa shape index (κ3) is 3.71. The van der Waals surface area contributed by atoms with Gasteiger partial charge in [0.25, 0.3) is 10.0 Å². The Morgan fingerprint density at radius 3 is 2.34 bits per heavy atom. The molecular formula is C22H21N3O2S2. The number of rotatable bonds is 6. The van der Waals surface area contributed by atoms with Crippen LogP contribution in [0.1, 0.15) is 12.5 Å². The largest absolute Gasteiger partial charge is 0.265 e. The fourth-order valence-corrected chi connectivity index (χ4v) is 4.93. The molecule has 2 aromatic carbocycles. The van der Waals surface area contributed by atoms with Crippen LogP contribution in [0.25, 0.3) is 16.3 Å². The van der Waals surface area contributed by atoms with E-state index in [-0.39, 0.29) is 4.90 Å². The van der Waals surface area contributed by atoms with E-state index in [4.69, 9.17) is 5.10 Å². The summed E-state index contributed by atoms with van der Waals surface area (Å²) in [6, 6.07) is 22.3. The third-order valence-electron chi connectivity index (χ3n) is 4.78. The van der Waals surface area contributed by atoms with Gasteiger partial charge in [-0.25, -0.2) is 13.1 Å². The Morgan fingerprint density at radius 2 is 1.72 bits per heavy atom. The highest BCUT2D eigenvalue weighted by Gasteiger charge is 2.26. The molecule has 4 rings (SSSR count). The van der Waals surface area contributed by atoms with Crippen molar-refractivity contribution in [1.82, 2.24) is 9.78 Å². The molecule has 4 aromatic rings. The lowest BCUT2D eigenvalue weighted by atomic mass is 10.2. The van der Waals surface area contributed by atoms with Crippen LogP contribution in [0.5, 0.6) is 0 Å². The van der Waals surface area contributed by atoms with Gasteiger partial charge in [0.05, 0.1) is 15.5 Å². The van der Waals surface area contributed by atoms with E-state index in [2.05, 4.69) is 0 Å². The van der Waals surface area contributed by atoms with E-state index < -0.39 is 10.0 Å². The van der Waals surface area contributed by atoms with E-state index >= 15 is 0 Å². The zero-order valence-electron chi connectivity index (χ0n) is 16.2. The van der Waals surface area contributed by atoms with Crippen LogP contribution in [0.3, 0.4) is 0 Å². The van der Waals surface area contributed by atoms with E-state index in [1.54, 1.807) is 35.2 Å². The Morgan fingerprint density at radius 1 is 1.00 bits per heavy atom. The average Bonchev–Trinajstić information content (AvgIpc) is 3.44. The number of anilines is 1. The van der Waals surface area contributed by atoms with Crippen molar-refractivity contribution < 1.29 is 8.42 Å². The van der Waals surface area contributed by atoms with Crippen molar-refractivity contribution in [3.05, 3.63) is 83.7 Å². The van der Waals surface area contributed by atoms with Crippen molar-refractivity contribution >= 4 is 27.2 Å². The molecule has 0 N–H and O–H groups in total. The van der Waals surface area contributed by atoms with Crippen molar-refractivity contribution in [1.29, 1.82) is 0 Å². The van der Waals surface area contributed by atoms with Crippen LogP contribution in [-0.2, 0) is 16.4 Å². The number of aryl methyl sites for hydroxylation is 1. The molecule has 0 spiro atoms. The lowest BCUT2D eigenvalue weighted by Crippen LogP contribution is -2.28. The maximum Gasteiger partial charge on any atom is 0.265 e. The Balaban J connectivity index is 1.82. The quantitative estimate of drug-likeness (QED) is 0.439. The molecule has 2 aromatic heterocycles. The van der Waals surface area contributed by atoms with Gasteiger partial charge in [0.15, 0.2) is 0 Å². The van der Waals surface area contributed by atoms with Gasteiger partial charge in [-0.05, 0) is 47.7 Å². The lowest BCUT2D eigenvalue weighted by Gasteiger charge is -2.20. The Bertz CT molecular complexity index is 1200. The summed E-state index contributed by atoms with van der Waals surface area (Å²) in [5.41, 5.74) is 2.64. The molecule has 0 saturated heterocycles. The number of hydrogen-bond acceptors (Lipinski definition) is 4. The number of hydrogen-bond donors (Lipinski definition) is 0. The molecule has 0 aliphatic heterocycles. The summed E-state index contributed by atoms with van der Waals surface area (Å²) < 4.78 is 29.6. The van der Waals surface area contributed by atoms with Crippen LogP contribution < -0.4 is 4.31 Å². The first-order chi connectivity index (χ1) is 14.0. The monoisotopic (exact) mass is 423 g/mol. The number of para-hydroxylation sites is 1. The fourth-order valence-electron chi connectivity index (χ4n) is 3.08. The summed E-state index contributed by atoms with van der Waals surface area (Å²) in [7, 11) is -2.16. The minimum atomic E-state index is -3.73. The van der Waals surface area contributed by atoms with Crippen molar-refractivity contribution in [2.24, 2.45) is 0 Å². The van der Waals surface area contributed by atoms with Crippen LogP contribution in [-0.4, -0.2) is 25.2 Å². The third-order valence-corrected chi connectivity index (χ3v) is 7.45. The Labute approximate surface area is 174 Å². The van der Waals surface area contributed by atoms with Crippen LogP contribution >= 0.6 is 11.3 Å².